The second-order valence-corrected chi connectivity index (χ2v) is 11.8. The van der Waals surface area contributed by atoms with E-state index in [0.29, 0.717) is 0 Å². The Balaban J connectivity index is 3.31. The van der Waals surface area contributed by atoms with Crippen LogP contribution in [0.2, 0.25) is 0 Å². The van der Waals surface area contributed by atoms with E-state index in [9.17, 15) is 43.8 Å². The number of aliphatic imine (C=N–C) groups is 1. The molecule has 17 nitrogen and oxygen atoms in total. The maximum Gasteiger partial charge on any atom is 0.327 e. The Kier molecular flexibility index (Phi) is 14.5. The van der Waals surface area contributed by atoms with Crippen molar-refractivity contribution in [3.63, 3.8) is 0 Å². The highest BCUT2D eigenvalue weighted by Crippen LogP contribution is 2.21. The minimum absolute atomic E-state index is 0.0582. The summed E-state index contributed by atoms with van der Waals surface area (Å²) in [5.41, 5.74) is 10.2. The lowest BCUT2D eigenvalue weighted by atomic mass is 9.87. The van der Waals surface area contributed by atoms with Crippen molar-refractivity contribution in [2.24, 2.45) is 21.9 Å². The van der Waals surface area contributed by atoms with Crippen LogP contribution in [-0.4, -0.2) is 106 Å². The summed E-state index contributed by atoms with van der Waals surface area (Å²) in [6.45, 7) is 5.00. The van der Waals surface area contributed by atoms with Crippen molar-refractivity contribution < 1.29 is 43.8 Å². The standard InChI is InChI=1S/C24H40N8O9S/c1-24(2,3)8-14-21(39)31-12(5-4-6-27-23(25)26)19(37)28-9-16(33)29-13(7-18(35)36)20(38)32-15(22(40)41)10-42-11-17(34)30-14/h12-15H,4-11H2,1-3H3,(H,28,37)(H,29,33)(H,30,34)(H,31,39)(H,32,38)(H,35,36)(H,40,41)(H4,25,26,27)/t12-,13-,14-,15-/m0/s1. The average Bonchev–Trinajstić information content (AvgIpc) is 2.85. The molecular weight excluding hydrogens is 576 g/mol. The Hall–Kier alpha value is -4.09. The van der Waals surface area contributed by atoms with E-state index in [4.69, 9.17) is 11.5 Å². The van der Waals surface area contributed by atoms with Gasteiger partial charge >= 0.3 is 11.9 Å². The number of hydrogen-bond acceptors (Lipinski definition) is 9. The summed E-state index contributed by atoms with van der Waals surface area (Å²) in [6, 6.07) is -5.40. The van der Waals surface area contributed by atoms with Gasteiger partial charge in [-0.25, -0.2) is 4.79 Å². The van der Waals surface area contributed by atoms with Crippen LogP contribution in [0, 0.1) is 5.41 Å². The first kappa shape index (κ1) is 35.9. The fourth-order valence-electron chi connectivity index (χ4n) is 3.74. The van der Waals surface area contributed by atoms with Crippen LogP contribution in [0.3, 0.4) is 0 Å². The molecule has 1 aliphatic heterocycles. The fraction of sp³-hybridized carbons (Fsp3) is 0.667. The number of rotatable bonds is 8. The van der Waals surface area contributed by atoms with Gasteiger partial charge in [0.15, 0.2) is 5.96 Å². The van der Waals surface area contributed by atoms with Crippen LogP contribution in [0.4, 0.5) is 0 Å². The molecule has 1 rings (SSSR count). The van der Waals surface area contributed by atoms with Crippen LogP contribution in [0.1, 0.15) is 46.5 Å². The first-order valence-electron chi connectivity index (χ1n) is 13.0. The van der Waals surface area contributed by atoms with Crippen molar-refractivity contribution in [1.82, 2.24) is 26.6 Å². The van der Waals surface area contributed by atoms with Crippen molar-refractivity contribution >= 4 is 59.2 Å². The topological polar surface area (TPSA) is 284 Å². The van der Waals surface area contributed by atoms with Crippen molar-refractivity contribution in [3.8, 4) is 0 Å². The van der Waals surface area contributed by atoms with Gasteiger partial charge in [0, 0.05) is 12.3 Å². The smallest absolute Gasteiger partial charge is 0.327 e. The molecule has 1 fully saturated rings. The molecule has 4 atom stereocenters. The van der Waals surface area contributed by atoms with Gasteiger partial charge in [0.05, 0.1) is 18.7 Å². The minimum atomic E-state index is -1.66. The number of hydrogen-bond donors (Lipinski definition) is 9. The largest absolute Gasteiger partial charge is 0.481 e. The van der Waals surface area contributed by atoms with Gasteiger partial charge in [0.2, 0.25) is 29.5 Å². The molecule has 11 N–H and O–H groups in total. The monoisotopic (exact) mass is 616 g/mol. The number of aliphatic carboxylic acids is 2. The number of thioether (sulfide) groups is 1. The van der Waals surface area contributed by atoms with E-state index < -0.39 is 84.0 Å². The summed E-state index contributed by atoms with van der Waals surface area (Å²) in [6.07, 6.45) is -0.353. The molecule has 236 valence electrons. The van der Waals surface area contributed by atoms with E-state index >= 15 is 0 Å². The molecule has 0 spiro atoms. The average molecular weight is 617 g/mol. The van der Waals surface area contributed by atoms with Gasteiger partial charge in [-0.05, 0) is 24.7 Å². The van der Waals surface area contributed by atoms with Gasteiger partial charge in [-0.2, -0.15) is 0 Å². The normalized spacial score (nSPS) is 23.5. The number of carboxylic acids is 2. The first-order chi connectivity index (χ1) is 19.5. The maximum absolute atomic E-state index is 13.3. The molecule has 5 amide bonds. The van der Waals surface area contributed by atoms with Crippen LogP contribution >= 0.6 is 11.8 Å². The second-order valence-electron chi connectivity index (χ2n) is 10.7. The highest BCUT2D eigenvalue weighted by molar-refractivity contribution is 8.00. The zero-order valence-corrected chi connectivity index (χ0v) is 24.5. The van der Waals surface area contributed by atoms with E-state index in [2.05, 4.69) is 31.6 Å². The van der Waals surface area contributed by atoms with Gasteiger partial charge in [-0.3, -0.25) is 33.8 Å². The Morgan fingerprint density at radius 1 is 0.905 bits per heavy atom. The van der Waals surface area contributed by atoms with Gasteiger partial charge in [-0.15, -0.1) is 11.8 Å². The summed E-state index contributed by atoms with van der Waals surface area (Å²) in [7, 11) is 0. The summed E-state index contributed by atoms with van der Waals surface area (Å²) in [5.74, 6) is -7.64. The number of amides is 5. The highest BCUT2D eigenvalue weighted by Gasteiger charge is 2.32. The first-order valence-corrected chi connectivity index (χ1v) is 14.2. The molecule has 0 saturated carbocycles. The number of carbonyl (C=O) groups excluding carboxylic acids is 5. The summed E-state index contributed by atoms with van der Waals surface area (Å²) >= 11 is 0.857. The molecule has 1 aliphatic rings. The maximum atomic E-state index is 13.3. The fourth-order valence-corrected chi connectivity index (χ4v) is 4.59. The Morgan fingerprint density at radius 3 is 2.10 bits per heavy atom. The van der Waals surface area contributed by atoms with Crippen molar-refractivity contribution in [2.45, 2.75) is 70.6 Å². The van der Waals surface area contributed by atoms with Crippen molar-refractivity contribution in [3.05, 3.63) is 0 Å². The SMILES string of the molecule is CC(C)(C)C[C@@H]1NC(=O)CSC[C@@H](C(=O)O)NC(=O)[C@H](CC(=O)O)NC(=O)CNC(=O)[C@H](CCCN=C(N)N)NC1=O. The van der Waals surface area contributed by atoms with Gasteiger partial charge in [0.25, 0.3) is 0 Å². The van der Waals surface area contributed by atoms with Crippen LogP contribution in [0.25, 0.3) is 0 Å². The molecule has 0 bridgehead atoms. The van der Waals surface area contributed by atoms with Crippen molar-refractivity contribution in [1.29, 1.82) is 0 Å². The van der Waals surface area contributed by atoms with E-state index in [-0.39, 0.29) is 43.3 Å². The molecule has 1 heterocycles. The second kappa shape index (κ2) is 17.0. The lowest BCUT2D eigenvalue weighted by molar-refractivity contribution is -0.143. The van der Waals surface area contributed by atoms with Crippen LogP contribution < -0.4 is 38.1 Å². The molecule has 0 unspecified atom stereocenters. The third-order valence-electron chi connectivity index (χ3n) is 5.63. The van der Waals surface area contributed by atoms with Crippen LogP contribution in [-0.2, 0) is 33.6 Å². The molecule has 0 aromatic heterocycles. The quantitative estimate of drug-likeness (QED) is 0.0742. The molecule has 0 aliphatic carbocycles. The molecule has 0 aromatic rings. The molecule has 18 heteroatoms. The number of nitrogens with two attached hydrogens (primary N) is 2. The molecule has 42 heavy (non-hydrogen) atoms. The van der Waals surface area contributed by atoms with E-state index in [1.54, 1.807) is 0 Å². The third-order valence-corrected chi connectivity index (χ3v) is 6.67. The predicted octanol–water partition coefficient (Wildman–Crippen LogP) is -3.16. The Morgan fingerprint density at radius 2 is 1.52 bits per heavy atom. The predicted molar refractivity (Wildman–Crippen MR) is 152 cm³/mol. The zero-order chi connectivity index (χ0) is 32.0. The van der Waals surface area contributed by atoms with E-state index in [0.717, 1.165) is 11.8 Å². The number of nitrogens with zero attached hydrogens (tertiary/aromatic N) is 1. The number of carbonyl (C=O) groups is 7. The third kappa shape index (κ3) is 14.5. The van der Waals surface area contributed by atoms with Crippen LogP contribution in [0.15, 0.2) is 4.99 Å². The molecule has 0 aromatic carbocycles. The minimum Gasteiger partial charge on any atom is -0.481 e. The lowest BCUT2D eigenvalue weighted by Gasteiger charge is -2.28. The zero-order valence-electron chi connectivity index (χ0n) is 23.7. The summed E-state index contributed by atoms with van der Waals surface area (Å²) in [5, 5.41) is 30.5. The van der Waals surface area contributed by atoms with Gasteiger partial charge < -0.3 is 48.3 Å². The van der Waals surface area contributed by atoms with E-state index in [1.807, 2.05) is 20.8 Å². The number of carboxylic acid groups (broad SMARTS) is 2. The van der Waals surface area contributed by atoms with Crippen LogP contribution in [0.5, 0.6) is 0 Å². The number of nitrogens with one attached hydrogen (secondary N) is 5. The Bertz CT molecular complexity index is 1060. The highest BCUT2D eigenvalue weighted by atomic mass is 32.2. The summed E-state index contributed by atoms with van der Waals surface area (Å²) in [4.78, 5) is 91.0. The summed E-state index contributed by atoms with van der Waals surface area (Å²) < 4.78 is 0. The lowest BCUT2D eigenvalue weighted by Crippen LogP contribution is -2.57. The Labute approximate surface area is 246 Å². The molecule has 1 saturated heterocycles. The van der Waals surface area contributed by atoms with E-state index in [1.165, 1.54) is 0 Å². The van der Waals surface area contributed by atoms with Gasteiger partial charge in [0.1, 0.15) is 24.2 Å². The molecule has 0 radical (unpaired) electrons. The van der Waals surface area contributed by atoms with Crippen molar-refractivity contribution in [2.75, 3.05) is 24.6 Å². The van der Waals surface area contributed by atoms with Gasteiger partial charge in [-0.1, -0.05) is 20.8 Å². The number of guanidine groups is 1. The molecular formula is C24H40N8O9S.